The molecule has 1 rings (SSSR count). The first kappa shape index (κ1) is 15.1. The number of rotatable bonds is 7. The van der Waals surface area contributed by atoms with Crippen molar-refractivity contribution in [2.45, 2.75) is 26.4 Å². The molecule has 6 nitrogen and oxygen atoms in total. The van der Waals surface area contributed by atoms with Gasteiger partial charge >= 0.3 is 0 Å². The van der Waals surface area contributed by atoms with Crippen LogP contribution in [0.3, 0.4) is 0 Å². The number of hydrogen-bond acceptors (Lipinski definition) is 4. The minimum absolute atomic E-state index is 0.0872. The van der Waals surface area contributed by atoms with Gasteiger partial charge in [-0.2, -0.15) is 0 Å². The molecular formula is C13H18N2O4. The minimum Gasteiger partial charge on any atom is -0.379 e. The summed E-state index contributed by atoms with van der Waals surface area (Å²) in [6.45, 7) is 4.95. The summed E-state index contributed by atoms with van der Waals surface area (Å²) >= 11 is 0. The highest BCUT2D eigenvalue weighted by molar-refractivity contribution is 5.94. The highest BCUT2D eigenvalue weighted by Gasteiger charge is 2.10. The van der Waals surface area contributed by atoms with E-state index in [-0.39, 0.29) is 17.7 Å². The zero-order valence-electron chi connectivity index (χ0n) is 11.1. The number of amides is 1. The first-order valence-electron chi connectivity index (χ1n) is 6.15. The molecular weight excluding hydrogens is 248 g/mol. The van der Waals surface area contributed by atoms with Crippen LogP contribution in [0.2, 0.25) is 0 Å². The third kappa shape index (κ3) is 5.48. The van der Waals surface area contributed by atoms with Crippen molar-refractivity contribution in [1.82, 2.24) is 5.32 Å². The fourth-order valence-corrected chi connectivity index (χ4v) is 1.46. The van der Waals surface area contributed by atoms with Gasteiger partial charge in [0.25, 0.3) is 11.6 Å². The Hall–Kier alpha value is -1.95. The Morgan fingerprint density at radius 2 is 2.21 bits per heavy atom. The van der Waals surface area contributed by atoms with Crippen molar-refractivity contribution in [3.05, 3.63) is 39.9 Å². The predicted octanol–water partition coefficient (Wildman–Crippen LogP) is 2.14. The summed E-state index contributed by atoms with van der Waals surface area (Å²) in [5.41, 5.74) is 0.203. The molecule has 0 radical (unpaired) electrons. The van der Waals surface area contributed by atoms with Crippen molar-refractivity contribution in [2.75, 3.05) is 13.2 Å². The zero-order chi connectivity index (χ0) is 14.3. The van der Waals surface area contributed by atoms with Crippen molar-refractivity contribution >= 4 is 11.6 Å². The molecule has 1 aromatic rings. The van der Waals surface area contributed by atoms with Gasteiger partial charge in [0, 0.05) is 30.8 Å². The molecule has 1 aromatic carbocycles. The van der Waals surface area contributed by atoms with Crippen molar-refractivity contribution in [1.29, 1.82) is 0 Å². The lowest BCUT2D eigenvalue weighted by atomic mass is 10.2. The van der Waals surface area contributed by atoms with Crippen LogP contribution in [0.15, 0.2) is 24.3 Å². The van der Waals surface area contributed by atoms with E-state index in [4.69, 9.17) is 4.74 Å². The molecule has 0 bridgehead atoms. The van der Waals surface area contributed by atoms with Gasteiger partial charge in [-0.05, 0) is 26.3 Å². The Labute approximate surface area is 111 Å². The summed E-state index contributed by atoms with van der Waals surface area (Å²) in [6, 6.07) is 5.66. The smallest absolute Gasteiger partial charge is 0.270 e. The van der Waals surface area contributed by atoms with Crippen LogP contribution in [-0.2, 0) is 4.74 Å². The Kier molecular flexibility index (Phi) is 5.95. The Morgan fingerprint density at radius 1 is 1.47 bits per heavy atom. The number of nitrogens with one attached hydrogen (secondary N) is 1. The molecule has 0 spiro atoms. The van der Waals surface area contributed by atoms with Crippen LogP contribution in [0.5, 0.6) is 0 Å². The zero-order valence-corrected chi connectivity index (χ0v) is 11.1. The molecule has 0 aromatic heterocycles. The Balaban J connectivity index is 2.41. The maximum absolute atomic E-state index is 11.7. The van der Waals surface area contributed by atoms with Crippen LogP contribution in [0, 0.1) is 10.1 Å². The maximum Gasteiger partial charge on any atom is 0.270 e. The number of hydrogen-bond donors (Lipinski definition) is 1. The number of non-ortho nitro benzene ring substituents is 1. The lowest BCUT2D eigenvalue weighted by Gasteiger charge is -2.08. The summed E-state index contributed by atoms with van der Waals surface area (Å²) < 4.78 is 5.34. The second-order valence-electron chi connectivity index (χ2n) is 4.34. The SMILES string of the molecule is CC(C)OCCCNC(=O)c1cccc([N+](=O)[O-])c1. The monoisotopic (exact) mass is 266 g/mol. The summed E-state index contributed by atoms with van der Waals surface area (Å²) in [4.78, 5) is 21.8. The molecule has 0 fully saturated rings. The van der Waals surface area contributed by atoms with E-state index < -0.39 is 4.92 Å². The molecule has 0 unspecified atom stereocenters. The standard InChI is InChI=1S/C13H18N2O4/c1-10(2)19-8-4-7-14-13(16)11-5-3-6-12(9-11)15(17)18/h3,5-6,9-10H,4,7-8H2,1-2H3,(H,14,16). The van der Waals surface area contributed by atoms with Crippen molar-refractivity contribution in [3.63, 3.8) is 0 Å². The van der Waals surface area contributed by atoms with Gasteiger partial charge in [0.05, 0.1) is 11.0 Å². The third-order valence-corrected chi connectivity index (χ3v) is 2.38. The van der Waals surface area contributed by atoms with Gasteiger partial charge in [0.15, 0.2) is 0 Å². The number of nitro benzene ring substituents is 1. The summed E-state index contributed by atoms with van der Waals surface area (Å²) in [5, 5.41) is 13.3. The van der Waals surface area contributed by atoms with Gasteiger partial charge in [-0.3, -0.25) is 14.9 Å². The van der Waals surface area contributed by atoms with Crippen molar-refractivity contribution in [3.8, 4) is 0 Å². The quantitative estimate of drug-likeness (QED) is 0.465. The molecule has 19 heavy (non-hydrogen) atoms. The van der Waals surface area contributed by atoms with Crippen molar-refractivity contribution in [2.24, 2.45) is 0 Å². The summed E-state index contributed by atoms with van der Waals surface area (Å²) in [5.74, 6) is -0.312. The van der Waals surface area contributed by atoms with E-state index >= 15 is 0 Å². The van der Waals surface area contributed by atoms with Gasteiger partial charge < -0.3 is 10.1 Å². The van der Waals surface area contributed by atoms with E-state index in [1.165, 1.54) is 18.2 Å². The number of nitrogens with zero attached hydrogens (tertiary/aromatic N) is 1. The first-order chi connectivity index (χ1) is 9.00. The van der Waals surface area contributed by atoms with Gasteiger partial charge in [-0.15, -0.1) is 0 Å². The topological polar surface area (TPSA) is 81.5 Å². The van der Waals surface area contributed by atoms with E-state index in [9.17, 15) is 14.9 Å². The average Bonchev–Trinajstić information content (AvgIpc) is 2.37. The molecule has 0 aliphatic heterocycles. The molecule has 104 valence electrons. The Morgan fingerprint density at radius 3 is 2.84 bits per heavy atom. The largest absolute Gasteiger partial charge is 0.379 e. The van der Waals surface area contributed by atoms with E-state index in [1.807, 2.05) is 13.8 Å². The van der Waals surface area contributed by atoms with Crippen LogP contribution in [-0.4, -0.2) is 30.1 Å². The highest BCUT2D eigenvalue weighted by Crippen LogP contribution is 2.12. The van der Waals surface area contributed by atoms with Gasteiger partial charge in [-0.25, -0.2) is 0 Å². The summed E-state index contributed by atoms with van der Waals surface area (Å²) in [6.07, 6.45) is 0.881. The molecule has 1 amide bonds. The lowest BCUT2D eigenvalue weighted by Crippen LogP contribution is -2.25. The lowest BCUT2D eigenvalue weighted by molar-refractivity contribution is -0.384. The average molecular weight is 266 g/mol. The molecule has 0 heterocycles. The molecule has 0 saturated heterocycles. The van der Waals surface area contributed by atoms with E-state index in [0.29, 0.717) is 25.1 Å². The number of nitro groups is 1. The first-order valence-corrected chi connectivity index (χ1v) is 6.15. The second kappa shape index (κ2) is 7.48. The van der Waals surface area contributed by atoms with Gasteiger partial charge in [0.2, 0.25) is 0 Å². The molecule has 1 N–H and O–H groups in total. The number of carbonyl (C=O) groups excluding carboxylic acids is 1. The van der Waals surface area contributed by atoms with Crippen LogP contribution in [0.4, 0.5) is 5.69 Å². The normalized spacial score (nSPS) is 10.5. The number of ether oxygens (including phenoxy) is 1. The molecule has 0 atom stereocenters. The van der Waals surface area contributed by atoms with E-state index in [2.05, 4.69) is 5.32 Å². The predicted molar refractivity (Wildman–Crippen MR) is 71.1 cm³/mol. The van der Waals surface area contributed by atoms with Crippen LogP contribution < -0.4 is 5.32 Å². The molecule has 0 aliphatic carbocycles. The van der Waals surface area contributed by atoms with Gasteiger partial charge in [0.1, 0.15) is 0 Å². The fraction of sp³-hybridized carbons (Fsp3) is 0.462. The van der Waals surface area contributed by atoms with Crippen LogP contribution in [0.1, 0.15) is 30.6 Å². The Bertz CT molecular complexity index is 446. The molecule has 0 saturated carbocycles. The summed E-state index contributed by atoms with van der Waals surface area (Å²) in [7, 11) is 0. The maximum atomic E-state index is 11.7. The fourth-order valence-electron chi connectivity index (χ4n) is 1.46. The van der Waals surface area contributed by atoms with Gasteiger partial charge in [-0.1, -0.05) is 6.07 Å². The van der Waals surface area contributed by atoms with Crippen molar-refractivity contribution < 1.29 is 14.5 Å². The molecule has 0 aliphatic rings. The number of benzene rings is 1. The third-order valence-electron chi connectivity index (χ3n) is 2.38. The van der Waals surface area contributed by atoms with Crippen LogP contribution >= 0.6 is 0 Å². The van der Waals surface area contributed by atoms with Crippen LogP contribution in [0.25, 0.3) is 0 Å². The minimum atomic E-state index is -0.521. The highest BCUT2D eigenvalue weighted by atomic mass is 16.6. The van der Waals surface area contributed by atoms with E-state index in [1.54, 1.807) is 6.07 Å². The molecule has 6 heteroatoms. The second-order valence-corrected chi connectivity index (χ2v) is 4.34. The number of carbonyl (C=O) groups is 1. The van der Waals surface area contributed by atoms with E-state index in [0.717, 1.165) is 0 Å².